The van der Waals surface area contributed by atoms with Gasteiger partial charge in [-0.25, -0.2) is 12.8 Å². The highest BCUT2D eigenvalue weighted by molar-refractivity contribution is 7.92. The molecule has 1 aliphatic carbocycles. The third-order valence-electron chi connectivity index (χ3n) is 4.03. The number of nitrogens with zero attached hydrogens (tertiary/aromatic N) is 1. The van der Waals surface area contributed by atoms with Crippen molar-refractivity contribution in [1.82, 2.24) is 5.32 Å². The molecule has 1 aromatic rings. The fraction of sp³-hybridized carbons (Fsp3) is 0.562. The first-order chi connectivity index (χ1) is 10.9. The van der Waals surface area contributed by atoms with E-state index in [2.05, 4.69) is 5.32 Å². The van der Waals surface area contributed by atoms with Gasteiger partial charge in [0.15, 0.2) is 0 Å². The maximum atomic E-state index is 13.9. The van der Waals surface area contributed by atoms with Gasteiger partial charge in [-0.3, -0.25) is 9.10 Å². The minimum atomic E-state index is -3.75. The van der Waals surface area contributed by atoms with Gasteiger partial charge in [0, 0.05) is 6.04 Å². The molecule has 7 heteroatoms. The number of rotatable bonds is 5. The molecular formula is C16H23FN2O3S. The lowest BCUT2D eigenvalue weighted by Gasteiger charge is -2.24. The fourth-order valence-electron chi connectivity index (χ4n) is 2.86. The summed E-state index contributed by atoms with van der Waals surface area (Å²) in [6, 6.07) is 5.63. The van der Waals surface area contributed by atoms with E-state index in [9.17, 15) is 17.6 Å². The summed E-state index contributed by atoms with van der Waals surface area (Å²) < 4.78 is 38.6. The van der Waals surface area contributed by atoms with Gasteiger partial charge in [0.25, 0.3) is 0 Å². The Bertz CT molecular complexity index is 640. The fourth-order valence-corrected chi connectivity index (χ4v) is 3.72. The molecule has 5 nitrogen and oxygen atoms in total. The van der Waals surface area contributed by atoms with E-state index in [1.807, 2.05) is 0 Å². The monoisotopic (exact) mass is 342 g/mol. The summed E-state index contributed by atoms with van der Waals surface area (Å²) in [5, 5.41) is 2.88. The van der Waals surface area contributed by atoms with Crippen molar-refractivity contribution in [3.8, 4) is 0 Å². The second-order valence-corrected chi connectivity index (χ2v) is 7.88. The molecule has 2 rings (SSSR count). The van der Waals surface area contributed by atoms with Gasteiger partial charge in [0.2, 0.25) is 15.9 Å². The Morgan fingerprint density at radius 1 is 1.22 bits per heavy atom. The molecule has 23 heavy (non-hydrogen) atoms. The molecule has 1 amide bonds. The minimum absolute atomic E-state index is 0.0760. The zero-order valence-electron chi connectivity index (χ0n) is 13.3. The van der Waals surface area contributed by atoms with E-state index in [1.165, 1.54) is 18.2 Å². The van der Waals surface area contributed by atoms with Gasteiger partial charge < -0.3 is 5.32 Å². The summed E-state index contributed by atoms with van der Waals surface area (Å²) in [7, 11) is -3.75. The van der Waals surface area contributed by atoms with Crippen LogP contribution in [0.15, 0.2) is 24.3 Å². The van der Waals surface area contributed by atoms with Crippen LogP contribution >= 0.6 is 0 Å². The summed E-state index contributed by atoms with van der Waals surface area (Å²) in [4.78, 5) is 12.2. The lowest BCUT2D eigenvalue weighted by atomic mass is 10.1. The van der Waals surface area contributed by atoms with Crippen LogP contribution in [-0.2, 0) is 14.8 Å². The summed E-state index contributed by atoms with van der Waals surface area (Å²) in [6.45, 7) is -0.406. The summed E-state index contributed by atoms with van der Waals surface area (Å²) in [5.41, 5.74) is -0.106. The number of carbonyl (C=O) groups is 1. The lowest BCUT2D eigenvalue weighted by Crippen LogP contribution is -2.44. The highest BCUT2D eigenvalue weighted by atomic mass is 32.2. The molecule has 0 heterocycles. The van der Waals surface area contributed by atoms with Crippen LogP contribution in [0.25, 0.3) is 0 Å². The van der Waals surface area contributed by atoms with E-state index in [4.69, 9.17) is 0 Å². The molecule has 0 spiro atoms. The molecule has 128 valence electrons. The van der Waals surface area contributed by atoms with Crippen LogP contribution in [0.4, 0.5) is 10.1 Å². The van der Waals surface area contributed by atoms with Gasteiger partial charge >= 0.3 is 0 Å². The molecule has 0 radical (unpaired) electrons. The number of anilines is 1. The number of hydrogen-bond acceptors (Lipinski definition) is 3. The molecule has 1 saturated carbocycles. The van der Waals surface area contributed by atoms with Crippen LogP contribution in [0.5, 0.6) is 0 Å². The van der Waals surface area contributed by atoms with Gasteiger partial charge in [-0.1, -0.05) is 37.8 Å². The molecule has 1 N–H and O–H groups in total. The van der Waals surface area contributed by atoms with E-state index in [1.54, 1.807) is 6.07 Å². The number of hydrogen-bond donors (Lipinski definition) is 1. The van der Waals surface area contributed by atoms with Crippen molar-refractivity contribution < 1.29 is 17.6 Å². The first-order valence-corrected chi connectivity index (χ1v) is 9.74. The average molecular weight is 342 g/mol. The number of carbonyl (C=O) groups excluding carboxylic acids is 1. The number of amides is 1. The SMILES string of the molecule is CS(=O)(=O)N(CC(=O)NC1CCCCCC1)c1ccccc1F. The van der Waals surface area contributed by atoms with Crippen LogP contribution in [0.2, 0.25) is 0 Å². The standard InChI is InChI=1S/C16H23FN2O3S/c1-23(21,22)19(15-11-7-6-10-14(15)17)12-16(20)18-13-8-4-2-3-5-9-13/h6-7,10-11,13H,2-5,8-9,12H2,1H3,(H,18,20). The molecule has 0 atom stereocenters. The van der Waals surface area contributed by atoms with Crippen molar-refractivity contribution in [2.24, 2.45) is 0 Å². The molecular weight excluding hydrogens is 319 g/mol. The average Bonchev–Trinajstić information content (AvgIpc) is 2.73. The third-order valence-corrected chi connectivity index (χ3v) is 5.16. The van der Waals surface area contributed by atoms with Gasteiger partial charge in [-0.15, -0.1) is 0 Å². The highest BCUT2D eigenvalue weighted by Gasteiger charge is 2.24. The van der Waals surface area contributed by atoms with Crippen molar-refractivity contribution in [2.45, 2.75) is 44.6 Å². The van der Waals surface area contributed by atoms with Crippen LogP contribution in [0.3, 0.4) is 0 Å². The van der Waals surface area contributed by atoms with Crippen molar-refractivity contribution >= 4 is 21.6 Å². The van der Waals surface area contributed by atoms with E-state index >= 15 is 0 Å². The van der Waals surface area contributed by atoms with Crippen LogP contribution in [0, 0.1) is 5.82 Å². The Morgan fingerprint density at radius 3 is 2.39 bits per heavy atom. The molecule has 0 aromatic heterocycles. The first kappa shape index (κ1) is 17.7. The Morgan fingerprint density at radius 2 is 1.83 bits per heavy atom. The predicted molar refractivity (Wildman–Crippen MR) is 88.2 cm³/mol. The highest BCUT2D eigenvalue weighted by Crippen LogP contribution is 2.21. The van der Waals surface area contributed by atoms with Crippen molar-refractivity contribution in [3.05, 3.63) is 30.1 Å². The van der Waals surface area contributed by atoms with E-state index in [0.29, 0.717) is 0 Å². The Balaban J connectivity index is 2.09. The predicted octanol–water partition coefficient (Wildman–Crippen LogP) is 2.43. The second-order valence-electron chi connectivity index (χ2n) is 5.98. The zero-order chi connectivity index (χ0) is 16.9. The van der Waals surface area contributed by atoms with Crippen molar-refractivity contribution in [2.75, 3.05) is 17.1 Å². The van der Waals surface area contributed by atoms with Gasteiger partial charge in [0.1, 0.15) is 12.4 Å². The number of halogens is 1. The minimum Gasteiger partial charge on any atom is -0.352 e. The normalized spacial score (nSPS) is 16.6. The molecule has 0 aliphatic heterocycles. The molecule has 1 fully saturated rings. The van der Waals surface area contributed by atoms with Gasteiger partial charge in [-0.05, 0) is 25.0 Å². The molecule has 0 unspecified atom stereocenters. The quantitative estimate of drug-likeness (QED) is 0.836. The number of nitrogens with one attached hydrogen (secondary N) is 1. The summed E-state index contributed by atoms with van der Waals surface area (Å²) in [5.74, 6) is -1.06. The second kappa shape index (κ2) is 7.77. The van der Waals surface area contributed by atoms with E-state index < -0.39 is 28.3 Å². The lowest BCUT2D eigenvalue weighted by molar-refractivity contribution is -0.120. The Kier molecular flexibility index (Phi) is 5.98. The van der Waals surface area contributed by atoms with Crippen LogP contribution in [-0.4, -0.2) is 33.2 Å². The van der Waals surface area contributed by atoms with Crippen LogP contribution in [0.1, 0.15) is 38.5 Å². The maximum absolute atomic E-state index is 13.9. The third kappa shape index (κ3) is 5.20. The number of para-hydroxylation sites is 1. The molecule has 0 bridgehead atoms. The smallest absolute Gasteiger partial charge is 0.240 e. The zero-order valence-corrected chi connectivity index (χ0v) is 14.1. The summed E-state index contributed by atoms with van der Waals surface area (Å²) >= 11 is 0. The van der Waals surface area contributed by atoms with Crippen molar-refractivity contribution in [1.29, 1.82) is 0 Å². The van der Waals surface area contributed by atoms with E-state index in [0.717, 1.165) is 49.1 Å². The van der Waals surface area contributed by atoms with E-state index in [-0.39, 0.29) is 11.7 Å². The molecule has 0 saturated heterocycles. The summed E-state index contributed by atoms with van der Waals surface area (Å²) in [6.07, 6.45) is 7.24. The maximum Gasteiger partial charge on any atom is 0.240 e. The number of benzene rings is 1. The number of sulfonamides is 1. The Hall–Kier alpha value is -1.63. The van der Waals surface area contributed by atoms with Gasteiger partial charge in [0.05, 0.1) is 11.9 Å². The molecule has 1 aliphatic rings. The molecule has 1 aromatic carbocycles. The largest absolute Gasteiger partial charge is 0.352 e. The topological polar surface area (TPSA) is 66.5 Å². The van der Waals surface area contributed by atoms with Crippen LogP contribution < -0.4 is 9.62 Å². The van der Waals surface area contributed by atoms with Gasteiger partial charge in [-0.2, -0.15) is 0 Å². The van der Waals surface area contributed by atoms with Crippen molar-refractivity contribution in [3.63, 3.8) is 0 Å². The first-order valence-electron chi connectivity index (χ1n) is 7.89. The Labute approximate surface area is 136 Å².